The van der Waals surface area contributed by atoms with E-state index >= 15 is 0 Å². The molecule has 1 aliphatic carbocycles. The summed E-state index contributed by atoms with van der Waals surface area (Å²) in [6.07, 6.45) is 4.00. The van der Waals surface area contributed by atoms with Crippen LogP contribution in [0.25, 0.3) is 11.6 Å². The predicted molar refractivity (Wildman–Crippen MR) is 95.0 cm³/mol. The van der Waals surface area contributed by atoms with Crippen LogP contribution in [0, 0.1) is 5.82 Å². The van der Waals surface area contributed by atoms with Gasteiger partial charge in [0.05, 0.1) is 12.3 Å². The van der Waals surface area contributed by atoms with Crippen LogP contribution in [-0.2, 0) is 11.2 Å². The average Bonchev–Trinajstić information content (AvgIpc) is 3.15. The van der Waals surface area contributed by atoms with Crippen molar-refractivity contribution >= 4 is 5.91 Å². The molecule has 0 radical (unpaired) electrons. The third-order valence-electron chi connectivity index (χ3n) is 4.76. The number of nitrogens with zero attached hydrogens (tertiary/aromatic N) is 3. The molecule has 2 heterocycles. The maximum absolute atomic E-state index is 14.2. The fourth-order valence-electron chi connectivity index (χ4n) is 3.26. The molecular formula is C20H20FN3O3. The topological polar surface area (TPSA) is 72.4 Å². The molecule has 7 heteroatoms. The first-order chi connectivity index (χ1) is 13.1. The second-order valence-corrected chi connectivity index (χ2v) is 6.72. The number of carbonyl (C=O) groups is 1. The minimum Gasteiger partial charge on any atom is -0.461 e. The average molecular weight is 369 g/mol. The summed E-state index contributed by atoms with van der Waals surface area (Å²) >= 11 is 0. The van der Waals surface area contributed by atoms with E-state index in [9.17, 15) is 9.18 Å². The maximum Gasteiger partial charge on any atom is 0.238 e. The minimum absolute atomic E-state index is 0.0361. The molecule has 6 nitrogen and oxygen atoms in total. The first kappa shape index (κ1) is 17.5. The molecule has 27 heavy (non-hydrogen) atoms. The lowest BCUT2D eigenvalue weighted by Crippen LogP contribution is -2.36. The van der Waals surface area contributed by atoms with Gasteiger partial charge in [-0.25, -0.2) is 4.39 Å². The molecule has 1 aromatic carbocycles. The van der Waals surface area contributed by atoms with Crippen LogP contribution in [0.1, 0.15) is 43.7 Å². The van der Waals surface area contributed by atoms with Crippen molar-refractivity contribution in [1.82, 2.24) is 15.0 Å². The van der Waals surface area contributed by atoms with Gasteiger partial charge in [0, 0.05) is 24.4 Å². The SMILES string of the molecule is CC(c1ccccc1F)N(C(=O)CCc1nc(-c2ccco2)no1)C1CC1. The maximum atomic E-state index is 14.2. The number of hydrogen-bond donors (Lipinski definition) is 0. The Morgan fingerprint density at radius 3 is 2.81 bits per heavy atom. The van der Waals surface area contributed by atoms with Crippen molar-refractivity contribution in [2.24, 2.45) is 0 Å². The van der Waals surface area contributed by atoms with Gasteiger partial charge in [0.25, 0.3) is 0 Å². The van der Waals surface area contributed by atoms with Gasteiger partial charge < -0.3 is 13.8 Å². The van der Waals surface area contributed by atoms with E-state index in [1.165, 1.54) is 12.3 Å². The number of amides is 1. The van der Waals surface area contributed by atoms with Gasteiger partial charge in [0.2, 0.25) is 17.6 Å². The quantitative estimate of drug-likeness (QED) is 0.625. The summed E-state index contributed by atoms with van der Waals surface area (Å²) in [5.41, 5.74) is 0.538. The van der Waals surface area contributed by atoms with Gasteiger partial charge in [-0.15, -0.1) is 0 Å². The number of halogens is 1. The van der Waals surface area contributed by atoms with Crippen LogP contribution in [0.2, 0.25) is 0 Å². The van der Waals surface area contributed by atoms with Crippen LogP contribution in [0.4, 0.5) is 4.39 Å². The molecule has 1 aliphatic rings. The summed E-state index contributed by atoms with van der Waals surface area (Å²) in [5.74, 6) is 0.934. The molecule has 0 N–H and O–H groups in total. The van der Waals surface area contributed by atoms with E-state index in [-0.39, 0.29) is 30.2 Å². The molecule has 1 atom stereocenters. The van der Waals surface area contributed by atoms with E-state index in [4.69, 9.17) is 8.94 Å². The van der Waals surface area contributed by atoms with E-state index in [1.807, 2.05) is 6.92 Å². The Hall–Kier alpha value is -2.96. The number of hydrogen-bond acceptors (Lipinski definition) is 5. The molecule has 0 saturated heterocycles. The Balaban J connectivity index is 1.43. The van der Waals surface area contributed by atoms with Crippen LogP contribution >= 0.6 is 0 Å². The summed E-state index contributed by atoms with van der Waals surface area (Å²) in [7, 11) is 0. The molecule has 2 aromatic heterocycles. The molecule has 0 spiro atoms. The van der Waals surface area contributed by atoms with Crippen molar-refractivity contribution in [3.8, 4) is 11.6 Å². The van der Waals surface area contributed by atoms with Crippen LogP contribution in [-0.4, -0.2) is 27.0 Å². The van der Waals surface area contributed by atoms with Gasteiger partial charge in [-0.2, -0.15) is 4.98 Å². The Bertz CT molecular complexity index is 918. The van der Waals surface area contributed by atoms with Gasteiger partial charge in [-0.05, 0) is 38.0 Å². The Morgan fingerprint density at radius 1 is 1.30 bits per heavy atom. The first-order valence-corrected chi connectivity index (χ1v) is 9.05. The molecule has 4 rings (SSSR count). The van der Waals surface area contributed by atoms with Crippen molar-refractivity contribution in [2.75, 3.05) is 0 Å². The van der Waals surface area contributed by atoms with E-state index < -0.39 is 0 Å². The fraction of sp³-hybridized carbons (Fsp3) is 0.350. The summed E-state index contributed by atoms with van der Waals surface area (Å²) in [5, 5.41) is 3.87. The zero-order chi connectivity index (χ0) is 18.8. The monoisotopic (exact) mass is 369 g/mol. The largest absolute Gasteiger partial charge is 0.461 e. The molecule has 1 amide bonds. The molecule has 1 saturated carbocycles. The second-order valence-electron chi connectivity index (χ2n) is 6.72. The van der Waals surface area contributed by atoms with Gasteiger partial charge in [-0.1, -0.05) is 23.4 Å². The normalized spacial score (nSPS) is 14.9. The smallest absolute Gasteiger partial charge is 0.238 e. The van der Waals surface area contributed by atoms with E-state index in [0.29, 0.717) is 29.5 Å². The molecular weight excluding hydrogens is 349 g/mol. The van der Waals surface area contributed by atoms with Crippen LogP contribution in [0.15, 0.2) is 51.6 Å². The summed E-state index contributed by atoms with van der Waals surface area (Å²) in [6.45, 7) is 1.87. The van der Waals surface area contributed by atoms with Crippen LogP contribution in [0.3, 0.4) is 0 Å². The lowest BCUT2D eigenvalue weighted by molar-refractivity contribution is -0.134. The highest BCUT2D eigenvalue weighted by molar-refractivity contribution is 5.77. The zero-order valence-electron chi connectivity index (χ0n) is 15.0. The number of aryl methyl sites for hydroxylation is 1. The van der Waals surface area contributed by atoms with Crippen molar-refractivity contribution in [3.63, 3.8) is 0 Å². The second kappa shape index (κ2) is 7.34. The molecule has 3 aromatic rings. The van der Waals surface area contributed by atoms with Gasteiger partial charge >= 0.3 is 0 Å². The Kier molecular flexibility index (Phi) is 4.75. The van der Waals surface area contributed by atoms with Gasteiger partial charge in [-0.3, -0.25) is 4.79 Å². The Labute approximate surface area is 156 Å². The number of rotatable bonds is 7. The highest BCUT2D eigenvalue weighted by Crippen LogP contribution is 2.35. The highest BCUT2D eigenvalue weighted by atomic mass is 19.1. The molecule has 1 fully saturated rings. The number of carbonyl (C=O) groups excluding carboxylic acids is 1. The highest BCUT2D eigenvalue weighted by Gasteiger charge is 2.36. The molecule has 0 aliphatic heterocycles. The number of benzene rings is 1. The lowest BCUT2D eigenvalue weighted by atomic mass is 10.1. The number of aromatic nitrogens is 2. The zero-order valence-corrected chi connectivity index (χ0v) is 15.0. The van der Waals surface area contributed by atoms with E-state index in [1.54, 1.807) is 35.2 Å². The van der Waals surface area contributed by atoms with Crippen molar-refractivity contribution in [1.29, 1.82) is 0 Å². The van der Waals surface area contributed by atoms with Crippen molar-refractivity contribution < 1.29 is 18.1 Å². The number of furan rings is 1. The minimum atomic E-state index is -0.312. The first-order valence-electron chi connectivity index (χ1n) is 9.05. The summed E-state index contributed by atoms with van der Waals surface area (Å²) in [6, 6.07) is 9.95. The van der Waals surface area contributed by atoms with Gasteiger partial charge in [0.1, 0.15) is 5.82 Å². The predicted octanol–water partition coefficient (Wildman–Crippen LogP) is 4.15. The molecule has 140 valence electrons. The van der Waals surface area contributed by atoms with Crippen LogP contribution in [0.5, 0.6) is 0 Å². The van der Waals surface area contributed by atoms with Crippen LogP contribution < -0.4 is 0 Å². The molecule has 0 bridgehead atoms. The van der Waals surface area contributed by atoms with Gasteiger partial charge in [0.15, 0.2) is 5.76 Å². The Morgan fingerprint density at radius 2 is 2.11 bits per heavy atom. The van der Waals surface area contributed by atoms with Crippen molar-refractivity contribution in [3.05, 3.63) is 59.9 Å². The van der Waals surface area contributed by atoms with Crippen molar-refractivity contribution in [2.45, 2.75) is 44.7 Å². The van der Waals surface area contributed by atoms with E-state index in [2.05, 4.69) is 10.1 Å². The summed E-state index contributed by atoms with van der Waals surface area (Å²) < 4.78 is 24.6. The standard InChI is InChI=1S/C20H20FN3O3/c1-13(15-5-2-3-6-16(15)21)24(14-8-9-14)19(25)11-10-18-22-20(23-27-18)17-7-4-12-26-17/h2-7,12-14H,8-11H2,1H3. The third-order valence-corrected chi connectivity index (χ3v) is 4.76. The lowest BCUT2D eigenvalue weighted by Gasteiger charge is -2.30. The van der Waals surface area contributed by atoms with E-state index in [0.717, 1.165) is 12.8 Å². The third kappa shape index (κ3) is 3.77. The fourth-order valence-corrected chi connectivity index (χ4v) is 3.26. The molecule has 1 unspecified atom stereocenters. The summed E-state index contributed by atoms with van der Waals surface area (Å²) in [4.78, 5) is 18.9.